The van der Waals surface area contributed by atoms with Crippen LogP contribution in [0.15, 0.2) is 12.2 Å². The van der Waals surface area contributed by atoms with E-state index < -0.39 is 0 Å². The first-order chi connectivity index (χ1) is 7.19. The maximum absolute atomic E-state index is 11.3. The fourth-order valence-electron chi connectivity index (χ4n) is 2.11. The molecule has 1 aliphatic carbocycles. The van der Waals surface area contributed by atoms with Crippen molar-refractivity contribution >= 4 is 5.97 Å². The Morgan fingerprint density at radius 2 is 1.93 bits per heavy atom. The van der Waals surface area contributed by atoms with Crippen LogP contribution in [0.3, 0.4) is 0 Å². The van der Waals surface area contributed by atoms with Gasteiger partial charge in [-0.15, -0.1) is 0 Å². The third-order valence-electron chi connectivity index (χ3n) is 3.02. The lowest BCUT2D eigenvalue weighted by Gasteiger charge is -2.28. The van der Waals surface area contributed by atoms with E-state index in [1.807, 2.05) is 6.92 Å². The number of hydrogen-bond acceptors (Lipinski definition) is 3. The molecule has 0 heterocycles. The monoisotopic (exact) mass is 212 g/mol. The van der Waals surface area contributed by atoms with Gasteiger partial charge in [-0.25, -0.2) is 4.79 Å². The second-order valence-corrected chi connectivity index (χ2v) is 3.95. The van der Waals surface area contributed by atoms with Gasteiger partial charge in [0.25, 0.3) is 0 Å². The largest absolute Gasteiger partial charge is 0.466 e. The molecule has 1 rings (SSSR count). The zero-order valence-corrected chi connectivity index (χ0v) is 9.62. The Morgan fingerprint density at radius 1 is 1.33 bits per heavy atom. The van der Waals surface area contributed by atoms with Crippen molar-refractivity contribution in [1.82, 2.24) is 0 Å². The Bertz CT molecular complexity index is 227. The quantitative estimate of drug-likeness (QED) is 0.530. The van der Waals surface area contributed by atoms with Gasteiger partial charge in [-0.2, -0.15) is 0 Å². The van der Waals surface area contributed by atoms with Crippen LogP contribution in [0.4, 0.5) is 0 Å². The lowest BCUT2D eigenvalue weighted by molar-refractivity contribution is -0.137. The SMILES string of the molecule is C=C(C(=O)OC)C1CCC(OCC)CC1. The zero-order chi connectivity index (χ0) is 11.3. The van der Waals surface area contributed by atoms with Crippen molar-refractivity contribution in [3.05, 3.63) is 12.2 Å². The molecule has 1 fully saturated rings. The van der Waals surface area contributed by atoms with Gasteiger partial charge in [-0.1, -0.05) is 6.58 Å². The predicted molar refractivity (Wildman–Crippen MR) is 58.5 cm³/mol. The van der Waals surface area contributed by atoms with E-state index in [0.29, 0.717) is 11.7 Å². The summed E-state index contributed by atoms with van der Waals surface area (Å²) in [4.78, 5) is 11.3. The Balaban J connectivity index is 2.37. The summed E-state index contributed by atoms with van der Waals surface area (Å²) in [7, 11) is 1.40. The van der Waals surface area contributed by atoms with Crippen LogP contribution in [-0.4, -0.2) is 25.8 Å². The Kier molecular flexibility index (Phi) is 4.82. The molecule has 15 heavy (non-hydrogen) atoms. The molecule has 0 unspecified atom stereocenters. The molecular weight excluding hydrogens is 192 g/mol. The third kappa shape index (κ3) is 3.34. The first-order valence-electron chi connectivity index (χ1n) is 5.57. The van der Waals surface area contributed by atoms with Crippen molar-refractivity contribution in [2.24, 2.45) is 5.92 Å². The van der Waals surface area contributed by atoms with Gasteiger partial charge in [-0.05, 0) is 38.5 Å². The molecule has 3 heteroatoms. The minimum Gasteiger partial charge on any atom is -0.466 e. The molecule has 0 aromatic rings. The zero-order valence-electron chi connectivity index (χ0n) is 9.62. The first-order valence-corrected chi connectivity index (χ1v) is 5.57. The number of rotatable bonds is 4. The molecule has 3 nitrogen and oxygen atoms in total. The highest BCUT2D eigenvalue weighted by atomic mass is 16.5. The van der Waals surface area contributed by atoms with Gasteiger partial charge in [0, 0.05) is 12.2 Å². The standard InChI is InChI=1S/C12H20O3/c1-4-15-11-7-5-10(6-8-11)9(2)12(13)14-3/h10-11H,2,4-8H2,1,3H3. The van der Waals surface area contributed by atoms with Crippen LogP contribution in [-0.2, 0) is 14.3 Å². The van der Waals surface area contributed by atoms with Crippen LogP contribution in [0.25, 0.3) is 0 Å². The lowest BCUT2D eigenvalue weighted by Crippen LogP contribution is -2.24. The summed E-state index contributed by atoms with van der Waals surface area (Å²) >= 11 is 0. The van der Waals surface area contributed by atoms with E-state index in [-0.39, 0.29) is 11.9 Å². The molecule has 0 amide bonds. The molecular formula is C12H20O3. The fourth-order valence-corrected chi connectivity index (χ4v) is 2.11. The van der Waals surface area contributed by atoms with Crippen LogP contribution in [0.1, 0.15) is 32.6 Å². The molecule has 1 saturated carbocycles. The fraction of sp³-hybridized carbons (Fsp3) is 0.750. The third-order valence-corrected chi connectivity index (χ3v) is 3.02. The topological polar surface area (TPSA) is 35.5 Å². The second-order valence-electron chi connectivity index (χ2n) is 3.95. The van der Waals surface area contributed by atoms with Gasteiger partial charge in [0.15, 0.2) is 0 Å². The van der Waals surface area contributed by atoms with Gasteiger partial charge in [0.1, 0.15) is 0 Å². The summed E-state index contributed by atoms with van der Waals surface area (Å²) < 4.78 is 10.2. The number of ether oxygens (including phenoxy) is 2. The molecule has 0 N–H and O–H groups in total. The number of methoxy groups -OCH3 is 1. The Hall–Kier alpha value is -0.830. The molecule has 0 bridgehead atoms. The van der Waals surface area contributed by atoms with E-state index in [0.717, 1.165) is 32.3 Å². The van der Waals surface area contributed by atoms with Gasteiger partial charge in [0.05, 0.1) is 13.2 Å². The normalized spacial score (nSPS) is 26.0. The van der Waals surface area contributed by atoms with Crippen LogP contribution in [0, 0.1) is 5.92 Å². The summed E-state index contributed by atoms with van der Waals surface area (Å²) in [5.41, 5.74) is 0.618. The van der Waals surface area contributed by atoms with Crippen LogP contribution in [0.2, 0.25) is 0 Å². The van der Waals surface area contributed by atoms with Crippen LogP contribution < -0.4 is 0 Å². The number of carbonyl (C=O) groups is 1. The Labute approximate surface area is 91.4 Å². The number of hydrogen-bond donors (Lipinski definition) is 0. The maximum Gasteiger partial charge on any atom is 0.333 e. The van der Waals surface area contributed by atoms with E-state index in [1.54, 1.807) is 0 Å². The minimum atomic E-state index is -0.269. The van der Waals surface area contributed by atoms with E-state index in [2.05, 4.69) is 11.3 Å². The number of carbonyl (C=O) groups excluding carboxylic acids is 1. The van der Waals surface area contributed by atoms with E-state index in [9.17, 15) is 4.79 Å². The highest BCUT2D eigenvalue weighted by Crippen LogP contribution is 2.31. The molecule has 0 aromatic heterocycles. The molecule has 0 radical (unpaired) electrons. The van der Waals surface area contributed by atoms with E-state index in [1.165, 1.54) is 7.11 Å². The molecule has 86 valence electrons. The lowest BCUT2D eigenvalue weighted by atomic mass is 9.83. The molecule has 1 aliphatic rings. The molecule has 0 atom stereocenters. The summed E-state index contributed by atoms with van der Waals surface area (Å²) in [6.45, 7) is 6.59. The number of esters is 1. The van der Waals surface area contributed by atoms with Crippen LogP contribution in [0.5, 0.6) is 0 Å². The highest BCUT2D eigenvalue weighted by molar-refractivity contribution is 5.88. The van der Waals surface area contributed by atoms with E-state index in [4.69, 9.17) is 4.74 Å². The van der Waals surface area contributed by atoms with Crippen LogP contribution >= 0.6 is 0 Å². The summed E-state index contributed by atoms with van der Waals surface area (Å²) in [5, 5.41) is 0. The summed E-state index contributed by atoms with van der Waals surface area (Å²) in [5.74, 6) is 0.0176. The summed E-state index contributed by atoms with van der Waals surface area (Å²) in [6, 6.07) is 0. The van der Waals surface area contributed by atoms with Crippen molar-refractivity contribution in [3.8, 4) is 0 Å². The van der Waals surface area contributed by atoms with Gasteiger partial charge < -0.3 is 9.47 Å². The first kappa shape index (κ1) is 12.2. The van der Waals surface area contributed by atoms with Crippen molar-refractivity contribution in [2.45, 2.75) is 38.7 Å². The summed E-state index contributed by atoms with van der Waals surface area (Å²) in [6.07, 6.45) is 4.39. The van der Waals surface area contributed by atoms with Crippen molar-refractivity contribution in [1.29, 1.82) is 0 Å². The average molecular weight is 212 g/mol. The van der Waals surface area contributed by atoms with Crippen molar-refractivity contribution in [2.75, 3.05) is 13.7 Å². The van der Waals surface area contributed by atoms with E-state index >= 15 is 0 Å². The second kappa shape index (κ2) is 5.91. The molecule has 0 saturated heterocycles. The van der Waals surface area contributed by atoms with Crippen molar-refractivity contribution < 1.29 is 14.3 Å². The maximum atomic E-state index is 11.3. The van der Waals surface area contributed by atoms with Crippen molar-refractivity contribution in [3.63, 3.8) is 0 Å². The average Bonchev–Trinajstić information content (AvgIpc) is 2.28. The molecule has 0 aliphatic heterocycles. The smallest absolute Gasteiger partial charge is 0.333 e. The van der Waals surface area contributed by atoms with Gasteiger partial charge in [-0.3, -0.25) is 0 Å². The predicted octanol–water partition coefficient (Wildman–Crippen LogP) is 2.31. The minimum absolute atomic E-state index is 0.269. The molecule has 0 spiro atoms. The Morgan fingerprint density at radius 3 is 2.40 bits per heavy atom. The van der Waals surface area contributed by atoms with Gasteiger partial charge >= 0.3 is 5.97 Å². The van der Waals surface area contributed by atoms with Gasteiger partial charge in [0.2, 0.25) is 0 Å². The molecule has 0 aromatic carbocycles. The highest BCUT2D eigenvalue weighted by Gasteiger charge is 2.26.